The minimum Gasteiger partial charge on any atom is -0.389 e. The van der Waals surface area contributed by atoms with Crippen molar-refractivity contribution in [1.82, 2.24) is 9.80 Å². The summed E-state index contributed by atoms with van der Waals surface area (Å²) in [5, 5.41) is 17.5. The zero-order valence-electron chi connectivity index (χ0n) is 25.7. The van der Waals surface area contributed by atoms with Crippen molar-refractivity contribution in [2.45, 2.75) is 108 Å². The van der Waals surface area contributed by atoms with Crippen LogP contribution >= 0.6 is 11.3 Å². The van der Waals surface area contributed by atoms with Crippen molar-refractivity contribution in [2.24, 2.45) is 22.7 Å². The Labute approximate surface area is 252 Å². The smallest absolute Gasteiger partial charge is 0.102 e. The molecule has 6 heteroatoms. The molecule has 1 N–H and O–H groups in total. The summed E-state index contributed by atoms with van der Waals surface area (Å²) in [6.45, 7) is 13.6. The van der Waals surface area contributed by atoms with E-state index in [1.807, 2.05) is 0 Å². The van der Waals surface area contributed by atoms with E-state index >= 15 is 0 Å². The third-order valence-corrected chi connectivity index (χ3v) is 13.9. The van der Waals surface area contributed by atoms with Crippen molar-refractivity contribution in [1.29, 1.82) is 0 Å². The summed E-state index contributed by atoms with van der Waals surface area (Å²) in [5.41, 5.74) is 1.78. The summed E-state index contributed by atoms with van der Waals surface area (Å²) in [4.78, 5) is 5.12. The van der Waals surface area contributed by atoms with Crippen molar-refractivity contribution in [3.05, 3.63) is 34.0 Å². The van der Waals surface area contributed by atoms with Gasteiger partial charge >= 0.3 is 0 Å². The average molecular weight is 583 g/mol. The molecule has 0 radical (unpaired) electrons. The SMILES string of the molecule is C[C@]12CC[C@H]3[C@@H](CC=C4C[C@@H](OCCN5CCCC5)CC[C@@]43C)[C@@]1(O)CC[C@]2(OCCN1CCCC1)c1ccsc1. The topological polar surface area (TPSA) is 45.2 Å². The number of likely N-dealkylation sites (tertiary alicyclic amines) is 2. The number of hydrogen-bond donors (Lipinski definition) is 1. The number of thiophene rings is 1. The number of hydrogen-bond acceptors (Lipinski definition) is 6. The van der Waals surface area contributed by atoms with Gasteiger partial charge in [0.1, 0.15) is 5.60 Å². The van der Waals surface area contributed by atoms with E-state index < -0.39 is 11.2 Å². The van der Waals surface area contributed by atoms with E-state index in [0.717, 1.165) is 64.8 Å². The van der Waals surface area contributed by atoms with Gasteiger partial charge in [-0.2, -0.15) is 11.3 Å². The summed E-state index contributed by atoms with van der Waals surface area (Å²) in [6, 6.07) is 2.29. The molecule has 0 spiro atoms. The van der Waals surface area contributed by atoms with E-state index in [-0.39, 0.29) is 10.8 Å². The molecule has 0 aromatic carbocycles. The highest BCUT2D eigenvalue weighted by Crippen LogP contribution is 2.71. The monoisotopic (exact) mass is 582 g/mol. The maximum atomic E-state index is 12.9. The molecule has 7 atom stereocenters. The van der Waals surface area contributed by atoms with Crippen LogP contribution in [0.4, 0.5) is 0 Å². The molecule has 2 aliphatic heterocycles. The molecule has 3 saturated carbocycles. The van der Waals surface area contributed by atoms with Gasteiger partial charge < -0.3 is 24.4 Å². The largest absolute Gasteiger partial charge is 0.389 e. The van der Waals surface area contributed by atoms with Gasteiger partial charge in [-0.3, -0.25) is 0 Å². The molecular weight excluding hydrogens is 528 g/mol. The van der Waals surface area contributed by atoms with Crippen molar-refractivity contribution in [3.63, 3.8) is 0 Å². The lowest BCUT2D eigenvalue weighted by atomic mass is 9.45. The van der Waals surface area contributed by atoms with E-state index in [1.54, 1.807) is 16.9 Å². The van der Waals surface area contributed by atoms with E-state index in [2.05, 4.69) is 46.5 Å². The molecule has 0 bridgehead atoms. The van der Waals surface area contributed by atoms with Crippen molar-refractivity contribution >= 4 is 11.3 Å². The summed E-state index contributed by atoms with van der Waals surface area (Å²) in [5.74, 6) is 0.860. The molecular formula is C35H54N2O3S. The van der Waals surface area contributed by atoms with Crippen molar-refractivity contribution < 1.29 is 14.6 Å². The van der Waals surface area contributed by atoms with Crippen LogP contribution in [0.1, 0.15) is 96.5 Å². The lowest BCUT2D eigenvalue weighted by Crippen LogP contribution is -2.63. The molecule has 2 saturated heterocycles. The highest BCUT2D eigenvalue weighted by molar-refractivity contribution is 7.08. The number of allylic oxidation sites excluding steroid dienone is 1. The molecule has 6 aliphatic rings. The third kappa shape index (κ3) is 4.73. The van der Waals surface area contributed by atoms with Crippen molar-refractivity contribution in [3.8, 4) is 0 Å². The lowest BCUT2D eigenvalue weighted by Gasteiger charge is -2.62. The molecule has 4 aliphatic carbocycles. The normalized spacial score (nSPS) is 43.1. The first-order valence-corrected chi connectivity index (χ1v) is 18.0. The number of rotatable bonds is 9. The van der Waals surface area contributed by atoms with Gasteiger partial charge in [-0.15, -0.1) is 0 Å². The predicted molar refractivity (Wildman–Crippen MR) is 166 cm³/mol. The maximum Gasteiger partial charge on any atom is 0.102 e. The Hall–Kier alpha value is -0.760. The van der Waals surface area contributed by atoms with Crippen LogP contribution in [0, 0.1) is 22.7 Å². The Morgan fingerprint density at radius 2 is 1.63 bits per heavy atom. The quantitative estimate of drug-likeness (QED) is 0.332. The Morgan fingerprint density at radius 1 is 0.902 bits per heavy atom. The number of nitrogens with zero attached hydrogens (tertiary/aromatic N) is 2. The Kier molecular flexibility index (Phi) is 7.99. The first-order chi connectivity index (χ1) is 19.9. The van der Waals surface area contributed by atoms with Crippen LogP contribution in [0.5, 0.6) is 0 Å². The Morgan fingerprint density at radius 3 is 2.34 bits per heavy atom. The van der Waals surface area contributed by atoms with E-state index in [0.29, 0.717) is 17.9 Å². The second kappa shape index (κ2) is 11.3. The molecule has 1 aromatic rings. The molecule has 3 heterocycles. The summed E-state index contributed by atoms with van der Waals surface area (Å²) >= 11 is 1.77. The number of aliphatic hydroxyl groups is 1. The van der Waals surface area contributed by atoms with Gasteiger partial charge in [-0.25, -0.2) is 0 Å². The standard InChI is InChI=1S/C35H54N2O3S/c1-32-12-9-29(39-22-20-36-16-3-4-17-36)25-27(32)7-8-31-30(32)10-13-33(2)34(31,38)14-15-35(33,28-11-24-41-26-28)40-23-21-37-18-5-6-19-37/h7,11,24,26,29-31,38H,3-6,8-10,12-23,25H2,1-2H3/t29-,30-,31+,32-,33-,34-,35-/m0/s1. The summed E-state index contributed by atoms with van der Waals surface area (Å²) in [6.07, 6.45) is 16.7. The zero-order valence-corrected chi connectivity index (χ0v) is 26.6. The lowest BCUT2D eigenvalue weighted by molar-refractivity contribution is -0.233. The minimum absolute atomic E-state index is 0.193. The Balaban J connectivity index is 1.08. The van der Waals surface area contributed by atoms with Gasteiger partial charge in [0.15, 0.2) is 0 Å². The average Bonchev–Trinajstić information content (AvgIpc) is 3.79. The van der Waals surface area contributed by atoms with Gasteiger partial charge in [-0.1, -0.05) is 25.5 Å². The first kappa shape index (κ1) is 29.0. The maximum absolute atomic E-state index is 12.9. The minimum atomic E-state index is -0.695. The number of ether oxygens (including phenoxy) is 2. The van der Waals surface area contributed by atoms with Crippen LogP contribution in [0.15, 0.2) is 28.5 Å². The van der Waals surface area contributed by atoms with Crippen LogP contribution in [0.25, 0.3) is 0 Å². The molecule has 228 valence electrons. The van der Waals surface area contributed by atoms with Gasteiger partial charge in [0.25, 0.3) is 0 Å². The van der Waals surface area contributed by atoms with E-state index in [1.165, 1.54) is 70.3 Å². The molecule has 1 aromatic heterocycles. The van der Waals surface area contributed by atoms with Crippen LogP contribution in [-0.2, 0) is 15.1 Å². The molecule has 5 nitrogen and oxygen atoms in total. The summed E-state index contributed by atoms with van der Waals surface area (Å²) < 4.78 is 13.6. The molecule has 7 rings (SSSR count). The third-order valence-electron chi connectivity index (χ3n) is 13.3. The fourth-order valence-corrected chi connectivity index (χ4v) is 11.4. The molecule has 41 heavy (non-hydrogen) atoms. The fraction of sp³-hybridized carbons (Fsp3) is 0.829. The predicted octanol–water partition coefficient (Wildman–Crippen LogP) is 6.61. The molecule has 0 amide bonds. The van der Waals surface area contributed by atoms with Crippen LogP contribution < -0.4 is 0 Å². The second-order valence-electron chi connectivity index (χ2n) is 14.9. The van der Waals surface area contributed by atoms with Crippen LogP contribution in [-0.4, -0.2) is 79.1 Å². The van der Waals surface area contributed by atoms with Gasteiger partial charge in [-0.05, 0) is 143 Å². The van der Waals surface area contributed by atoms with Gasteiger partial charge in [0.2, 0.25) is 0 Å². The van der Waals surface area contributed by atoms with E-state index in [4.69, 9.17) is 9.47 Å². The molecule has 5 fully saturated rings. The first-order valence-electron chi connectivity index (χ1n) is 17.0. The number of fused-ring (bicyclic) bond motifs is 5. The second-order valence-corrected chi connectivity index (χ2v) is 15.7. The zero-order chi connectivity index (χ0) is 28.1. The summed E-state index contributed by atoms with van der Waals surface area (Å²) in [7, 11) is 0. The van der Waals surface area contributed by atoms with Gasteiger partial charge in [0, 0.05) is 18.5 Å². The fourth-order valence-electron chi connectivity index (χ4n) is 10.7. The molecule has 0 unspecified atom stereocenters. The van der Waals surface area contributed by atoms with E-state index in [9.17, 15) is 5.11 Å². The van der Waals surface area contributed by atoms with Crippen LogP contribution in [0.3, 0.4) is 0 Å². The highest BCUT2D eigenvalue weighted by Gasteiger charge is 2.72. The Bertz CT molecular complexity index is 1080. The highest BCUT2D eigenvalue weighted by atomic mass is 32.1. The van der Waals surface area contributed by atoms with Crippen molar-refractivity contribution in [2.75, 3.05) is 52.5 Å². The van der Waals surface area contributed by atoms with Gasteiger partial charge in [0.05, 0.1) is 24.9 Å². The van der Waals surface area contributed by atoms with Crippen LogP contribution in [0.2, 0.25) is 0 Å².